The molecule has 0 aliphatic carbocycles. The lowest BCUT2D eigenvalue weighted by Crippen LogP contribution is -2.34. The lowest BCUT2D eigenvalue weighted by molar-refractivity contribution is 0.322. The molecule has 0 radical (unpaired) electrons. The number of ether oxygens (including phenoxy) is 1. The van der Waals surface area contributed by atoms with E-state index in [9.17, 15) is 0 Å². The van der Waals surface area contributed by atoms with Crippen molar-refractivity contribution < 1.29 is 4.74 Å². The number of rotatable bonds is 9. The standard InChI is InChI=1S/C15H25N3O.HI/c1-2-3-4-8-11-17-15(16)18-12-13-19-14-9-6-5-7-10-14;/h5-7,9-10H,2-4,8,11-13H2,1H3,(H3,16,17,18);1H. The molecular weight excluding hydrogens is 365 g/mol. The van der Waals surface area contributed by atoms with Gasteiger partial charge in [-0.25, -0.2) is 0 Å². The summed E-state index contributed by atoms with van der Waals surface area (Å²) in [5.74, 6) is 1.38. The van der Waals surface area contributed by atoms with Crippen molar-refractivity contribution >= 4 is 29.9 Å². The van der Waals surface area contributed by atoms with E-state index in [2.05, 4.69) is 17.2 Å². The maximum atomic E-state index is 5.75. The Bertz CT molecular complexity index is 357. The fourth-order valence-corrected chi connectivity index (χ4v) is 1.66. The van der Waals surface area contributed by atoms with E-state index in [1.807, 2.05) is 30.3 Å². The van der Waals surface area contributed by atoms with Crippen molar-refractivity contribution in [1.29, 1.82) is 0 Å². The number of nitrogens with zero attached hydrogens (tertiary/aromatic N) is 1. The Morgan fingerprint density at radius 3 is 2.65 bits per heavy atom. The molecule has 0 saturated carbocycles. The van der Waals surface area contributed by atoms with Crippen molar-refractivity contribution in [3.8, 4) is 5.75 Å². The molecule has 0 amide bonds. The van der Waals surface area contributed by atoms with Gasteiger partial charge in [0, 0.05) is 6.54 Å². The molecule has 0 bridgehead atoms. The summed E-state index contributed by atoms with van der Waals surface area (Å²) < 4.78 is 5.54. The summed E-state index contributed by atoms with van der Waals surface area (Å²) in [6, 6.07) is 9.74. The Labute approximate surface area is 139 Å². The number of hydrogen-bond donors (Lipinski definition) is 2. The first-order chi connectivity index (χ1) is 9.33. The predicted octanol–water partition coefficient (Wildman–Crippen LogP) is 3.17. The average Bonchev–Trinajstić information content (AvgIpc) is 2.44. The van der Waals surface area contributed by atoms with E-state index in [0.717, 1.165) is 18.7 Å². The highest BCUT2D eigenvalue weighted by Gasteiger charge is 1.93. The molecular formula is C15H26IN3O. The van der Waals surface area contributed by atoms with Crippen LogP contribution in [0.2, 0.25) is 0 Å². The molecule has 114 valence electrons. The van der Waals surface area contributed by atoms with Gasteiger partial charge >= 0.3 is 0 Å². The normalized spacial score (nSPS) is 10.8. The van der Waals surface area contributed by atoms with Crippen molar-refractivity contribution in [3.63, 3.8) is 0 Å². The van der Waals surface area contributed by atoms with Gasteiger partial charge in [0.05, 0.1) is 6.54 Å². The van der Waals surface area contributed by atoms with E-state index in [1.54, 1.807) is 0 Å². The molecule has 0 fully saturated rings. The molecule has 0 aliphatic heterocycles. The Morgan fingerprint density at radius 2 is 1.95 bits per heavy atom. The lowest BCUT2D eigenvalue weighted by atomic mass is 10.2. The molecule has 3 N–H and O–H groups in total. The fraction of sp³-hybridized carbons (Fsp3) is 0.533. The van der Waals surface area contributed by atoms with E-state index in [0.29, 0.717) is 19.1 Å². The second-order valence-corrected chi connectivity index (χ2v) is 4.42. The third-order valence-corrected chi connectivity index (χ3v) is 2.71. The van der Waals surface area contributed by atoms with Crippen LogP contribution in [-0.2, 0) is 0 Å². The number of para-hydroxylation sites is 1. The van der Waals surface area contributed by atoms with Crippen molar-refractivity contribution in [2.75, 3.05) is 19.7 Å². The first kappa shape index (κ1) is 19.0. The molecule has 0 aromatic heterocycles. The maximum absolute atomic E-state index is 5.75. The Balaban J connectivity index is 0.00000361. The summed E-state index contributed by atoms with van der Waals surface area (Å²) in [6.45, 7) is 4.25. The molecule has 0 atom stereocenters. The van der Waals surface area contributed by atoms with Crippen LogP contribution >= 0.6 is 24.0 Å². The average molecular weight is 391 g/mol. The second kappa shape index (κ2) is 13.0. The molecule has 0 unspecified atom stereocenters. The number of unbranched alkanes of at least 4 members (excludes halogenated alkanes) is 3. The number of guanidine groups is 1. The summed E-state index contributed by atoms with van der Waals surface area (Å²) in [5.41, 5.74) is 5.75. The van der Waals surface area contributed by atoms with Crippen molar-refractivity contribution in [1.82, 2.24) is 5.32 Å². The molecule has 1 aromatic carbocycles. The third kappa shape index (κ3) is 9.89. The topological polar surface area (TPSA) is 59.6 Å². The van der Waals surface area contributed by atoms with Gasteiger partial charge in [-0.05, 0) is 18.6 Å². The van der Waals surface area contributed by atoms with Crippen LogP contribution in [0.4, 0.5) is 0 Å². The van der Waals surface area contributed by atoms with Gasteiger partial charge in [-0.2, -0.15) is 0 Å². The Morgan fingerprint density at radius 1 is 1.20 bits per heavy atom. The molecule has 1 rings (SSSR count). The van der Waals surface area contributed by atoms with Gasteiger partial charge < -0.3 is 15.8 Å². The van der Waals surface area contributed by atoms with Crippen LogP contribution in [0.5, 0.6) is 5.75 Å². The first-order valence-electron chi connectivity index (χ1n) is 7.04. The van der Waals surface area contributed by atoms with Gasteiger partial charge in [0.15, 0.2) is 5.96 Å². The van der Waals surface area contributed by atoms with Crippen LogP contribution in [0.3, 0.4) is 0 Å². The molecule has 4 nitrogen and oxygen atoms in total. The first-order valence-corrected chi connectivity index (χ1v) is 7.04. The van der Waals surface area contributed by atoms with Gasteiger partial charge in [-0.15, -0.1) is 24.0 Å². The number of halogens is 1. The smallest absolute Gasteiger partial charge is 0.188 e. The van der Waals surface area contributed by atoms with Crippen LogP contribution in [0.25, 0.3) is 0 Å². The van der Waals surface area contributed by atoms with Crippen molar-refractivity contribution in [2.45, 2.75) is 32.6 Å². The monoisotopic (exact) mass is 391 g/mol. The van der Waals surface area contributed by atoms with Crippen LogP contribution in [-0.4, -0.2) is 25.7 Å². The van der Waals surface area contributed by atoms with Gasteiger partial charge in [0.1, 0.15) is 12.4 Å². The Kier molecular flexibility index (Phi) is 12.4. The molecule has 5 heteroatoms. The number of hydrogen-bond acceptors (Lipinski definition) is 2. The molecule has 1 aromatic rings. The third-order valence-electron chi connectivity index (χ3n) is 2.71. The SMILES string of the molecule is CCCCCCN=C(N)NCCOc1ccccc1.I. The summed E-state index contributed by atoms with van der Waals surface area (Å²) >= 11 is 0. The Hall–Kier alpha value is -0.980. The molecule has 0 heterocycles. The summed E-state index contributed by atoms with van der Waals surface area (Å²) in [5, 5.41) is 3.05. The number of benzene rings is 1. The van der Waals surface area contributed by atoms with Crippen molar-refractivity contribution in [3.05, 3.63) is 30.3 Å². The van der Waals surface area contributed by atoms with Gasteiger partial charge in [-0.3, -0.25) is 4.99 Å². The number of aliphatic imine (C=N–C) groups is 1. The minimum Gasteiger partial charge on any atom is -0.492 e. The molecule has 0 aliphatic rings. The van der Waals surface area contributed by atoms with Crippen LogP contribution in [0, 0.1) is 0 Å². The zero-order chi connectivity index (χ0) is 13.8. The molecule has 20 heavy (non-hydrogen) atoms. The van der Waals surface area contributed by atoms with Crippen LogP contribution in [0.15, 0.2) is 35.3 Å². The highest BCUT2D eigenvalue weighted by molar-refractivity contribution is 14.0. The summed E-state index contributed by atoms with van der Waals surface area (Å²) in [7, 11) is 0. The second-order valence-electron chi connectivity index (χ2n) is 4.42. The maximum Gasteiger partial charge on any atom is 0.188 e. The fourth-order valence-electron chi connectivity index (χ4n) is 1.66. The van der Waals surface area contributed by atoms with Gasteiger partial charge in [0.2, 0.25) is 0 Å². The lowest BCUT2D eigenvalue weighted by Gasteiger charge is -2.07. The summed E-state index contributed by atoms with van der Waals surface area (Å²) in [4.78, 5) is 4.27. The van der Waals surface area contributed by atoms with E-state index >= 15 is 0 Å². The van der Waals surface area contributed by atoms with E-state index < -0.39 is 0 Å². The number of nitrogens with one attached hydrogen (secondary N) is 1. The summed E-state index contributed by atoms with van der Waals surface area (Å²) in [6.07, 6.45) is 4.85. The van der Waals surface area contributed by atoms with Gasteiger partial charge in [0.25, 0.3) is 0 Å². The predicted molar refractivity (Wildman–Crippen MR) is 96.0 cm³/mol. The molecule has 0 saturated heterocycles. The quantitative estimate of drug-likeness (QED) is 0.294. The minimum atomic E-state index is 0. The van der Waals surface area contributed by atoms with Crippen LogP contribution in [0.1, 0.15) is 32.6 Å². The van der Waals surface area contributed by atoms with E-state index in [1.165, 1.54) is 19.3 Å². The zero-order valence-electron chi connectivity index (χ0n) is 12.2. The zero-order valence-corrected chi connectivity index (χ0v) is 14.5. The highest BCUT2D eigenvalue weighted by Crippen LogP contribution is 2.07. The van der Waals surface area contributed by atoms with E-state index in [-0.39, 0.29) is 24.0 Å². The highest BCUT2D eigenvalue weighted by atomic mass is 127. The minimum absolute atomic E-state index is 0. The van der Waals surface area contributed by atoms with Crippen molar-refractivity contribution in [2.24, 2.45) is 10.7 Å². The number of nitrogens with two attached hydrogens (primary N) is 1. The van der Waals surface area contributed by atoms with Gasteiger partial charge in [-0.1, -0.05) is 44.4 Å². The van der Waals surface area contributed by atoms with Crippen LogP contribution < -0.4 is 15.8 Å². The van der Waals surface area contributed by atoms with E-state index in [4.69, 9.17) is 10.5 Å². The largest absolute Gasteiger partial charge is 0.492 e. The molecule has 0 spiro atoms.